The molecule has 0 unspecified atom stereocenters. The van der Waals surface area contributed by atoms with Crippen molar-refractivity contribution < 1.29 is 21.6 Å². The van der Waals surface area contributed by atoms with Gasteiger partial charge in [-0.2, -0.15) is 28.8 Å². The lowest BCUT2D eigenvalue weighted by atomic mass is 10.3. The molecule has 0 atom stereocenters. The molecular weight excluding hydrogens is 403 g/mol. The number of rotatable bonds is 5. The fourth-order valence-electron chi connectivity index (χ4n) is 1.81. The standard InChI is InChI=1S/C13H11BrF3NO2S2/c14-11-3-1-2-4-12(11)22(19,20)18(9-13(15,16)17)7-10-5-6-21-8-10/h1-6,8H,7,9H2. The summed E-state index contributed by atoms with van der Waals surface area (Å²) in [7, 11) is -4.27. The van der Waals surface area contributed by atoms with Crippen LogP contribution in [0.4, 0.5) is 13.2 Å². The smallest absolute Gasteiger partial charge is 0.207 e. The van der Waals surface area contributed by atoms with Crippen molar-refractivity contribution in [1.29, 1.82) is 0 Å². The molecule has 0 aliphatic rings. The third-order valence-electron chi connectivity index (χ3n) is 2.75. The molecular formula is C13H11BrF3NO2S2. The number of thiophene rings is 1. The van der Waals surface area contributed by atoms with Crippen molar-refractivity contribution in [2.45, 2.75) is 17.6 Å². The van der Waals surface area contributed by atoms with E-state index in [9.17, 15) is 21.6 Å². The molecule has 1 aromatic heterocycles. The minimum Gasteiger partial charge on any atom is -0.207 e. The number of nitrogens with zero attached hydrogens (tertiary/aromatic N) is 1. The molecule has 1 aromatic carbocycles. The Morgan fingerprint density at radius 3 is 2.41 bits per heavy atom. The fourth-order valence-corrected chi connectivity index (χ4v) is 4.84. The Bertz CT molecular complexity index is 730. The monoisotopic (exact) mass is 413 g/mol. The third-order valence-corrected chi connectivity index (χ3v) is 6.28. The van der Waals surface area contributed by atoms with Crippen LogP contribution in [0.3, 0.4) is 0 Å². The van der Waals surface area contributed by atoms with Gasteiger partial charge in [0.15, 0.2) is 0 Å². The SMILES string of the molecule is O=S(=O)(c1ccccc1Br)N(Cc1ccsc1)CC(F)(F)F. The molecule has 0 spiro atoms. The summed E-state index contributed by atoms with van der Waals surface area (Å²) in [6, 6.07) is 7.41. The molecule has 0 aliphatic carbocycles. The van der Waals surface area contributed by atoms with Crippen LogP contribution in [0, 0.1) is 0 Å². The first-order valence-corrected chi connectivity index (χ1v) is 9.20. The molecule has 120 valence electrons. The minimum atomic E-state index is -4.62. The van der Waals surface area contributed by atoms with Gasteiger partial charge in [0.1, 0.15) is 6.54 Å². The molecule has 3 nitrogen and oxygen atoms in total. The summed E-state index contributed by atoms with van der Waals surface area (Å²) >= 11 is 4.37. The Hall–Kier alpha value is -0.900. The molecule has 0 bridgehead atoms. The van der Waals surface area contributed by atoms with E-state index in [4.69, 9.17) is 0 Å². The zero-order chi connectivity index (χ0) is 16.4. The first-order chi connectivity index (χ1) is 10.2. The van der Waals surface area contributed by atoms with Gasteiger partial charge in [-0.1, -0.05) is 12.1 Å². The van der Waals surface area contributed by atoms with Crippen LogP contribution >= 0.6 is 27.3 Å². The maximum Gasteiger partial charge on any atom is 0.402 e. The van der Waals surface area contributed by atoms with Gasteiger partial charge in [-0.05, 0) is 50.5 Å². The topological polar surface area (TPSA) is 37.4 Å². The van der Waals surface area contributed by atoms with E-state index in [2.05, 4.69) is 15.9 Å². The predicted molar refractivity (Wildman–Crippen MR) is 82.1 cm³/mol. The molecule has 2 aromatic rings. The molecule has 0 fully saturated rings. The second kappa shape index (κ2) is 6.69. The van der Waals surface area contributed by atoms with E-state index in [1.807, 2.05) is 0 Å². The fraction of sp³-hybridized carbons (Fsp3) is 0.231. The average molecular weight is 414 g/mol. The van der Waals surface area contributed by atoms with E-state index in [0.29, 0.717) is 9.87 Å². The van der Waals surface area contributed by atoms with Crippen LogP contribution in [-0.2, 0) is 16.6 Å². The van der Waals surface area contributed by atoms with Crippen LogP contribution in [0.1, 0.15) is 5.56 Å². The van der Waals surface area contributed by atoms with Crippen molar-refractivity contribution in [3.05, 3.63) is 51.1 Å². The van der Waals surface area contributed by atoms with Gasteiger partial charge in [-0.15, -0.1) is 0 Å². The highest BCUT2D eigenvalue weighted by atomic mass is 79.9. The van der Waals surface area contributed by atoms with Crippen LogP contribution in [0.2, 0.25) is 0 Å². The molecule has 0 saturated heterocycles. The van der Waals surface area contributed by atoms with Crippen molar-refractivity contribution in [1.82, 2.24) is 4.31 Å². The number of alkyl halides is 3. The van der Waals surface area contributed by atoms with E-state index in [1.165, 1.54) is 29.5 Å². The van der Waals surface area contributed by atoms with Gasteiger partial charge in [-0.25, -0.2) is 8.42 Å². The third kappa shape index (κ3) is 4.31. The van der Waals surface area contributed by atoms with E-state index in [-0.39, 0.29) is 15.9 Å². The maximum atomic E-state index is 12.8. The lowest BCUT2D eigenvalue weighted by Gasteiger charge is -2.23. The predicted octanol–water partition coefficient (Wildman–Crippen LogP) is 4.26. The van der Waals surface area contributed by atoms with Crippen LogP contribution in [0.15, 0.2) is 50.5 Å². The van der Waals surface area contributed by atoms with E-state index in [0.717, 1.165) is 0 Å². The largest absolute Gasteiger partial charge is 0.402 e. The zero-order valence-electron chi connectivity index (χ0n) is 11.0. The van der Waals surface area contributed by atoms with E-state index >= 15 is 0 Å². The van der Waals surface area contributed by atoms with Gasteiger partial charge in [0.2, 0.25) is 10.0 Å². The number of hydrogen-bond acceptors (Lipinski definition) is 3. The molecule has 0 amide bonds. The Labute approximate surface area is 138 Å². The lowest BCUT2D eigenvalue weighted by molar-refractivity contribution is -0.136. The van der Waals surface area contributed by atoms with Crippen molar-refractivity contribution in [3.8, 4) is 0 Å². The highest BCUT2D eigenvalue weighted by Gasteiger charge is 2.37. The van der Waals surface area contributed by atoms with Crippen LogP contribution in [-0.4, -0.2) is 25.4 Å². The number of halogens is 4. The molecule has 22 heavy (non-hydrogen) atoms. The molecule has 9 heteroatoms. The van der Waals surface area contributed by atoms with Gasteiger partial charge in [-0.3, -0.25) is 0 Å². The van der Waals surface area contributed by atoms with Crippen molar-refractivity contribution in [2.24, 2.45) is 0 Å². The number of benzene rings is 1. The summed E-state index contributed by atoms with van der Waals surface area (Å²) in [5, 5.41) is 3.31. The molecule has 2 rings (SSSR count). The summed E-state index contributed by atoms with van der Waals surface area (Å²) in [5.74, 6) is 0. The maximum absolute atomic E-state index is 12.8. The summed E-state index contributed by atoms with van der Waals surface area (Å²) in [5.41, 5.74) is 0.518. The highest BCUT2D eigenvalue weighted by molar-refractivity contribution is 9.10. The Balaban J connectivity index is 2.41. The summed E-state index contributed by atoms with van der Waals surface area (Å²) < 4.78 is 64.1. The molecule has 1 heterocycles. The number of hydrogen-bond donors (Lipinski definition) is 0. The Kier molecular flexibility index (Phi) is 5.31. The van der Waals surface area contributed by atoms with Gasteiger partial charge in [0, 0.05) is 11.0 Å². The first-order valence-electron chi connectivity index (χ1n) is 6.02. The minimum absolute atomic E-state index is 0.186. The van der Waals surface area contributed by atoms with Crippen LogP contribution in [0.5, 0.6) is 0 Å². The number of sulfonamides is 1. The molecule has 0 saturated carbocycles. The normalized spacial score (nSPS) is 12.8. The molecule has 0 N–H and O–H groups in total. The quantitative estimate of drug-likeness (QED) is 0.733. The van der Waals surface area contributed by atoms with Crippen LogP contribution in [0.25, 0.3) is 0 Å². The van der Waals surface area contributed by atoms with Crippen molar-refractivity contribution in [2.75, 3.05) is 6.54 Å². The Morgan fingerprint density at radius 1 is 1.18 bits per heavy atom. The summed E-state index contributed by atoms with van der Waals surface area (Å²) in [4.78, 5) is -0.186. The zero-order valence-corrected chi connectivity index (χ0v) is 14.3. The van der Waals surface area contributed by atoms with Crippen molar-refractivity contribution >= 4 is 37.3 Å². The average Bonchev–Trinajstić information content (AvgIpc) is 2.89. The molecule has 0 aliphatic heterocycles. The van der Waals surface area contributed by atoms with E-state index in [1.54, 1.807) is 22.9 Å². The van der Waals surface area contributed by atoms with Crippen molar-refractivity contribution in [3.63, 3.8) is 0 Å². The lowest BCUT2D eigenvalue weighted by Crippen LogP contribution is -2.38. The summed E-state index contributed by atoms with van der Waals surface area (Å²) in [6.45, 7) is -1.86. The van der Waals surface area contributed by atoms with Gasteiger partial charge in [0.25, 0.3) is 0 Å². The second-order valence-electron chi connectivity index (χ2n) is 4.45. The summed E-state index contributed by atoms with van der Waals surface area (Å²) in [6.07, 6.45) is -4.62. The molecule has 0 radical (unpaired) electrons. The highest BCUT2D eigenvalue weighted by Crippen LogP contribution is 2.29. The van der Waals surface area contributed by atoms with Gasteiger partial charge in [0.05, 0.1) is 4.90 Å². The van der Waals surface area contributed by atoms with E-state index < -0.39 is 22.7 Å². The first kappa shape index (κ1) is 17.5. The van der Waals surface area contributed by atoms with Gasteiger partial charge >= 0.3 is 6.18 Å². The second-order valence-corrected chi connectivity index (χ2v) is 7.99. The van der Waals surface area contributed by atoms with Gasteiger partial charge < -0.3 is 0 Å². The van der Waals surface area contributed by atoms with Crippen LogP contribution < -0.4 is 0 Å². The Morgan fingerprint density at radius 2 is 1.86 bits per heavy atom.